The van der Waals surface area contributed by atoms with E-state index in [2.05, 4.69) is 31.0 Å². The van der Waals surface area contributed by atoms with E-state index in [1.807, 2.05) is 0 Å². The minimum atomic E-state index is -0.484. The van der Waals surface area contributed by atoms with Crippen molar-refractivity contribution < 1.29 is 13.9 Å². The number of aromatic nitrogens is 2. The van der Waals surface area contributed by atoms with Crippen molar-refractivity contribution in [2.75, 3.05) is 44.1 Å². The first-order valence-electron chi connectivity index (χ1n) is 8.39. The number of aliphatic imine (C=N–C) groups is 1. The summed E-state index contributed by atoms with van der Waals surface area (Å²) in [7, 11) is 7.17. The summed E-state index contributed by atoms with van der Waals surface area (Å²) in [4.78, 5) is 11.9. The van der Waals surface area contributed by atoms with Gasteiger partial charge in [0.05, 0.1) is 6.61 Å². The van der Waals surface area contributed by atoms with Crippen molar-refractivity contribution >= 4 is 30.6 Å². The Morgan fingerprint density at radius 1 is 1.38 bits per heavy atom. The first-order valence-corrected chi connectivity index (χ1v) is 8.39. The number of amidine groups is 1. The summed E-state index contributed by atoms with van der Waals surface area (Å²) in [6.07, 6.45) is 2.47. The Morgan fingerprint density at radius 2 is 2.19 bits per heavy atom. The standard InChI is InChI=1S/C16H20BFN6O2/c1-19-15(20-11-4-5-13(18)12(17)10-11)14-16(23-26-21-14)22-25-9-8-24-6-2-3-7-24/h4-5,10H,2-3,6-9H2,1H3,(H,19,20)(H,22,23). The molecule has 0 unspecified atom stereocenters. The number of hydrogen-bond donors (Lipinski definition) is 2. The van der Waals surface area contributed by atoms with Crippen LogP contribution in [0.4, 0.5) is 15.9 Å². The predicted molar refractivity (Wildman–Crippen MR) is 97.4 cm³/mol. The van der Waals surface area contributed by atoms with Gasteiger partial charge < -0.3 is 10.2 Å². The number of hydrogen-bond acceptors (Lipinski definition) is 7. The van der Waals surface area contributed by atoms with Gasteiger partial charge in [-0.05, 0) is 54.4 Å². The number of rotatable bonds is 7. The van der Waals surface area contributed by atoms with E-state index in [1.165, 1.54) is 25.0 Å². The van der Waals surface area contributed by atoms with Crippen LogP contribution in [0.3, 0.4) is 0 Å². The summed E-state index contributed by atoms with van der Waals surface area (Å²) in [5, 5.41) is 10.6. The van der Waals surface area contributed by atoms with Crippen LogP contribution in [0, 0.1) is 5.82 Å². The lowest BCUT2D eigenvalue weighted by Crippen LogP contribution is -2.25. The molecule has 10 heteroatoms. The van der Waals surface area contributed by atoms with Gasteiger partial charge in [-0.3, -0.25) is 9.83 Å². The van der Waals surface area contributed by atoms with E-state index >= 15 is 0 Å². The van der Waals surface area contributed by atoms with Crippen LogP contribution in [0.5, 0.6) is 0 Å². The third-order valence-corrected chi connectivity index (χ3v) is 4.07. The van der Waals surface area contributed by atoms with Crippen molar-refractivity contribution in [2.45, 2.75) is 12.8 Å². The van der Waals surface area contributed by atoms with Crippen LogP contribution in [0.25, 0.3) is 0 Å². The third-order valence-electron chi connectivity index (χ3n) is 4.07. The molecule has 2 N–H and O–H groups in total. The Labute approximate surface area is 152 Å². The van der Waals surface area contributed by atoms with Crippen molar-refractivity contribution in [1.29, 1.82) is 0 Å². The van der Waals surface area contributed by atoms with Crippen molar-refractivity contribution in [3.8, 4) is 0 Å². The Bertz CT molecular complexity index is 763. The van der Waals surface area contributed by atoms with Gasteiger partial charge in [-0.15, -0.1) is 0 Å². The van der Waals surface area contributed by atoms with Crippen molar-refractivity contribution in [3.05, 3.63) is 29.7 Å². The minimum absolute atomic E-state index is 0.0346. The minimum Gasteiger partial charge on any atom is -0.339 e. The molecular formula is C16H20BFN6O2. The van der Waals surface area contributed by atoms with E-state index in [1.54, 1.807) is 13.1 Å². The molecule has 136 valence electrons. The zero-order valence-corrected chi connectivity index (χ0v) is 14.5. The topological polar surface area (TPSA) is 87.8 Å². The molecule has 2 heterocycles. The summed E-state index contributed by atoms with van der Waals surface area (Å²) in [6.45, 7) is 3.57. The summed E-state index contributed by atoms with van der Waals surface area (Å²) < 4.78 is 18.1. The largest absolute Gasteiger partial charge is 0.339 e. The second-order valence-corrected chi connectivity index (χ2v) is 5.89. The molecule has 3 rings (SSSR count). The second kappa shape index (κ2) is 8.77. The Morgan fingerprint density at radius 3 is 2.92 bits per heavy atom. The second-order valence-electron chi connectivity index (χ2n) is 5.89. The molecule has 0 spiro atoms. The number of anilines is 2. The van der Waals surface area contributed by atoms with Crippen molar-refractivity contribution in [1.82, 2.24) is 15.2 Å². The van der Waals surface area contributed by atoms with E-state index in [0.717, 1.165) is 19.6 Å². The molecule has 0 saturated carbocycles. The molecule has 1 aromatic heterocycles. The molecule has 2 aromatic rings. The Balaban J connectivity index is 1.58. The van der Waals surface area contributed by atoms with Gasteiger partial charge in [-0.1, -0.05) is 5.46 Å². The summed E-state index contributed by atoms with van der Waals surface area (Å²) in [6, 6.07) is 4.28. The fraction of sp³-hybridized carbons (Fsp3) is 0.438. The van der Waals surface area contributed by atoms with Crippen molar-refractivity contribution in [3.63, 3.8) is 0 Å². The summed E-state index contributed by atoms with van der Waals surface area (Å²) >= 11 is 0. The molecule has 1 aliphatic rings. The molecule has 0 atom stereocenters. The average Bonchev–Trinajstić information content (AvgIpc) is 3.31. The number of nitrogens with one attached hydrogen (secondary N) is 2. The lowest BCUT2D eigenvalue weighted by molar-refractivity contribution is 0.155. The van der Waals surface area contributed by atoms with Crippen LogP contribution in [0.2, 0.25) is 0 Å². The van der Waals surface area contributed by atoms with Crippen LogP contribution in [0.1, 0.15) is 18.5 Å². The van der Waals surface area contributed by atoms with E-state index in [4.69, 9.17) is 17.3 Å². The first kappa shape index (κ1) is 18.3. The quantitative estimate of drug-likeness (QED) is 0.250. The molecule has 0 aliphatic carbocycles. The molecule has 1 saturated heterocycles. The van der Waals surface area contributed by atoms with Gasteiger partial charge in [0.15, 0.2) is 11.5 Å². The van der Waals surface area contributed by atoms with E-state index in [0.29, 0.717) is 29.6 Å². The van der Waals surface area contributed by atoms with Gasteiger partial charge in [-0.2, -0.15) is 0 Å². The first-order chi connectivity index (χ1) is 12.7. The molecule has 8 nitrogen and oxygen atoms in total. The van der Waals surface area contributed by atoms with Crippen LogP contribution >= 0.6 is 0 Å². The Kier molecular flexibility index (Phi) is 6.19. The van der Waals surface area contributed by atoms with Crippen LogP contribution < -0.4 is 16.3 Å². The Hall–Kier alpha value is -2.46. The molecule has 1 aromatic carbocycles. The highest BCUT2D eigenvalue weighted by molar-refractivity contribution is 6.32. The predicted octanol–water partition coefficient (Wildman–Crippen LogP) is 0.930. The molecular weight excluding hydrogens is 338 g/mol. The molecule has 1 fully saturated rings. The SMILES string of the molecule is [B]c1cc(NC(=NC)c2nonc2NOCCN2CCCC2)ccc1F. The fourth-order valence-corrected chi connectivity index (χ4v) is 2.69. The van der Waals surface area contributed by atoms with E-state index in [-0.39, 0.29) is 5.46 Å². The lowest BCUT2D eigenvalue weighted by Gasteiger charge is -2.14. The summed E-state index contributed by atoms with van der Waals surface area (Å²) in [5.41, 5.74) is 3.68. The maximum Gasteiger partial charge on any atom is 0.225 e. The summed E-state index contributed by atoms with van der Waals surface area (Å²) in [5.74, 6) is 0.194. The van der Waals surface area contributed by atoms with Crippen LogP contribution in [-0.2, 0) is 4.84 Å². The maximum atomic E-state index is 13.3. The molecule has 2 radical (unpaired) electrons. The lowest BCUT2D eigenvalue weighted by atomic mass is 9.95. The van der Waals surface area contributed by atoms with Gasteiger partial charge >= 0.3 is 0 Å². The highest BCUT2D eigenvalue weighted by Crippen LogP contribution is 2.14. The number of likely N-dealkylation sites (tertiary alicyclic amines) is 1. The zero-order chi connectivity index (χ0) is 18.4. The van der Waals surface area contributed by atoms with Gasteiger partial charge in [0.1, 0.15) is 13.7 Å². The van der Waals surface area contributed by atoms with Gasteiger partial charge in [0.2, 0.25) is 5.82 Å². The van der Waals surface area contributed by atoms with E-state index in [9.17, 15) is 4.39 Å². The average molecular weight is 358 g/mol. The number of halogens is 1. The zero-order valence-electron chi connectivity index (χ0n) is 14.5. The van der Waals surface area contributed by atoms with E-state index < -0.39 is 5.82 Å². The smallest absolute Gasteiger partial charge is 0.225 e. The third kappa shape index (κ3) is 4.58. The number of benzene rings is 1. The maximum absolute atomic E-state index is 13.3. The molecule has 26 heavy (non-hydrogen) atoms. The fourth-order valence-electron chi connectivity index (χ4n) is 2.69. The van der Waals surface area contributed by atoms with Crippen LogP contribution in [0.15, 0.2) is 27.8 Å². The van der Waals surface area contributed by atoms with Crippen molar-refractivity contribution in [2.24, 2.45) is 4.99 Å². The van der Waals surface area contributed by atoms with Crippen LogP contribution in [-0.4, -0.2) is 62.2 Å². The van der Waals surface area contributed by atoms with Gasteiger partial charge in [0, 0.05) is 19.3 Å². The number of nitrogens with zero attached hydrogens (tertiary/aromatic N) is 4. The monoisotopic (exact) mass is 358 g/mol. The molecule has 0 amide bonds. The van der Waals surface area contributed by atoms with Gasteiger partial charge in [0.25, 0.3) is 0 Å². The molecule has 0 bridgehead atoms. The normalized spacial score (nSPS) is 15.4. The highest BCUT2D eigenvalue weighted by atomic mass is 19.1. The molecule has 1 aliphatic heterocycles. The van der Waals surface area contributed by atoms with Gasteiger partial charge in [-0.25, -0.2) is 14.5 Å². The highest BCUT2D eigenvalue weighted by Gasteiger charge is 2.17.